The lowest BCUT2D eigenvalue weighted by atomic mass is 10.1. The maximum Gasteiger partial charge on any atom is 0.0889 e. The molecule has 2 rings (SSSR count). The minimum absolute atomic E-state index is 0.987. The Labute approximate surface area is 84.4 Å². The van der Waals surface area contributed by atoms with Gasteiger partial charge in [0.2, 0.25) is 0 Å². The quantitative estimate of drug-likeness (QED) is 0.711. The second-order valence-electron chi connectivity index (χ2n) is 3.24. The summed E-state index contributed by atoms with van der Waals surface area (Å²) in [5, 5.41) is 0. The topological polar surface area (TPSA) is 12.9 Å². The minimum Gasteiger partial charge on any atom is -0.251 e. The third-order valence-corrected chi connectivity index (χ3v) is 2.18. The van der Waals surface area contributed by atoms with Gasteiger partial charge in [-0.2, -0.15) is 0 Å². The zero-order chi connectivity index (χ0) is 9.64. The maximum atomic E-state index is 4.17. The summed E-state index contributed by atoms with van der Waals surface area (Å²) in [6, 6.07) is 16.3. The van der Waals surface area contributed by atoms with E-state index in [0.717, 1.165) is 18.5 Å². The first-order valence-corrected chi connectivity index (χ1v) is 4.81. The van der Waals surface area contributed by atoms with Gasteiger partial charge in [-0.1, -0.05) is 36.4 Å². The standard InChI is InChI=1S/C13H12N/c1-2-6-12(7-3-1)9-10-13-8-4-5-11-14-13/h1-8H,9-10H2. The number of hydrogen-bond donors (Lipinski definition) is 0. The first-order chi connectivity index (χ1) is 6.95. The molecule has 0 aliphatic heterocycles. The van der Waals surface area contributed by atoms with Gasteiger partial charge in [0.05, 0.1) is 6.20 Å². The van der Waals surface area contributed by atoms with Gasteiger partial charge in [-0.05, 0) is 30.5 Å². The number of aryl methyl sites for hydroxylation is 2. The minimum atomic E-state index is 0.987. The van der Waals surface area contributed by atoms with Crippen molar-refractivity contribution >= 4 is 0 Å². The number of hydrogen-bond acceptors (Lipinski definition) is 1. The van der Waals surface area contributed by atoms with Gasteiger partial charge in [0, 0.05) is 5.69 Å². The molecule has 0 spiro atoms. The summed E-state index contributed by atoms with van der Waals surface area (Å²) in [7, 11) is 0. The second kappa shape index (κ2) is 4.56. The summed E-state index contributed by atoms with van der Waals surface area (Å²) < 4.78 is 0. The Hall–Kier alpha value is -1.63. The average Bonchev–Trinajstić information content (AvgIpc) is 2.29. The highest BCUT2D eigenvalue weighted by Gasteiger charge is 1.94. The Kier molecular flexibility index (Phi) is 2.92. The smallest absolute Gasteiger partial charge is 0.0889 e. The van der Waals surface area contributed by atoms with Gasteiger partial charge in [0.15, 0.2) is 0 Å². The van der Waals surface area contributed by atoms with Gasteiger partial charge in [-0.15, -0.1) is 0 Å². The van der Waals surface area contributed by atoms with Crippen molar-refractivity contribution in [3.63, 3.8) is 0 Å². The van der Waals surface area contributed by atoms with E-state index in [1.54, 1.807) is 0 Å². The van der Waals surface area contributed by atoms with Gasteiger partial charge < -0.3 is 0 Å². The van der Waals surface area contributed by atoms with Crippen molar-refractivity contribution < 1.29 is 0 Å². The number of pyridine rings is 1. The van der Waals surface area contributed by atoms with Crippen molar-refractivity contribution in [3.8, 4) is 0 Å². The van der Waals surface area contributed by atoms with Crippen molar-refractivity contribution in [2.24, 2.45) is 0 Å². The second-order valence-corrected chi connectivity index (χ2v) is 3.24. The summed E-state index contributed by atoms with van der Waals surface area (Å²) in [5.41, 5.74) is 2.47. The van der Waals surface area contributed by atoms with Crippen molar-refractivity contribution in [2.45, 2.75) is 12.8 Å². The maximum absolute atomic E-state index is 4.17. The molecule has 1 aromatic carbocycles. The van der Waals surface area contributed by atoms with Crippen LogP contribution < -0.4 is 0 Å². The van der Waals surface area contributed by atoms with Gasteiger partial charge in [0.1, 0.15) is 0 Å². The number of benzene rings is 1. The molecular formula is C13H12N. The lowest BCUT2D eigenvalue weighted by Gasteiger charge is -1.99. The van der Waals surface area contributed by atoms with Crippen LogP contribution in [0.15, 0.2) is 48.5 Å². The molecule has 14 heavy (non-hydrogen) atoms. The van der Waals surface area contributed by atoms with E-state index in [1.807, 2.05) is 24.3 Å². The largest absolute Gasteiger partial charge is 0.251 e. The highest BCUT2D eigenvalue weighted by Crippen LogP contribution is 2.04. The zero-order valence-corrected chi connectivity index (χ0v) is 7.98. The Balaban J connectivity index is 1.96. The molecule has 0 unspecified atom stereocenters. The van der Waals surface area contributed by atoms with E-state index in [4.69, 9.17) is 0 Å². The number of rotatable bonds is 3. The monoisotopic (exact) mass is 182 g/mol. The molecule has 1 heteroatoms. The molecule has 0 aliphatic carbocycles. The lowest BCUT2D eigenvalue weighted by molar-refractivity contribution is 0.912. The molecule has 0 N–H and O–H groups in total. The van der Waals surface area contributed by atoms with Crippen LogP contribution in [0.1, 0.15) is 11.3 Å². The Bertz CT molecular complexity index is 327. The van der Waals surface area contributed by atoms with E-state index in [2.05, 4.69) is 35.4 Å². The van der Waals surface area contributed by atoms with Gasteiger partial charge in [-0.25, -0.2) is 0 Å². The molecule has 1 radical (unpaired) electrons. The molecule has 0 fully saturated rings. The third-order valence-electron chi connectivity index (χ3n) is 2.18. The molecule has 0 amide bonds. The molecule has 1 nitrogen and oxygen atoms in total. The fourth-order valence-corrected chi connectivity index (χ4v) is 1.42. The molecular weight excluding hydrogens is 170 g/mol. The highest BCUT2D eigenvalue weighted by molar-refractivity contribution is 5.16. The van der Waals surface area contributed by atoms with E-state index in [-0.39, 0.29) is 0 Å². The van der Waals surface area contributed by atoms with E-state index in [1.165, 1.54) is 5.56 Å². The summed E-state index contributed by atoms with van der Waals surface area (Å²) in [6.45, 7) is 0. The van der Waals surface area contributed by atoms with Gasteiger partial charge in [-0.3, -0.25) is 4.98 Å². The van der Waals surface area contributed by atoms with Crippen molar-refractivity contribution in [1.29, 1.82) is 0 Å². The van der Waals surface area contributed by atoms with Crippen LogP contribution in [0.5, 0.6) is 0 Å². The van der Waals surface area contributed by atoms with Gasteiger partial charge >= 0.3 is 0 Å². The molecule has 0 saturated heterocycles. The molecule has 0 aliphatic rings. The fraction of sp³-hybridized carbons (Fsp3) is 0.154. The van der Waals surface area contributed by atoms with Crippen LogP contribution in [0.2, 0.25) is 0 Å². The summed E-state index contributed by atoms with van der Waals surface area (Å²) in [4.78, 5) is 4.17. The molecule has 0 bridgehead atoms. The van der Waals surface area contributed by atoms with Crippen LogP contribution in [0.25, 0.3) is 0 Å². The van der Waals surface area contributed by atoms with Crippen LogP contribution in [0, 0.1) is 6.20 Å². The van der Waals surface area contributed by atoms with Crippen molar-refractivity contribution in [1.82, 2.24) is 4.98 Å². The Morgan fingerprint density at radius 2 is 1.79 bits per heavy atom. The zero-order valence-electron chi connectivity index (χ0n) is 7.98. The van der Waals surface area contributed by atoms with Crippen molar-refractivity contribution in [3.05, 3.63) is 66.0 Å². The highest BCUT2D eigenvalue weighted by atomic mass is 14.7. The number of nitrogens with zero attached hydrogens (tertiary/aromatic N) is 1. The molecule has 2 aromatic rings. The third kappa shape index (κ3) is 2.43. The van der Waals surface area contributed by atoms with Gasteiger partial charge in [0.25, 0.3) is 0 Å². The Morgan fingerprint density at radius 1 is 0.929 bits per heavy atom. The summed E-state index contributed by atoms with van der Waals surface area (Å²) in [5.74, 6) is 0. The summed E-state index contributed by atoms with van der Waals surface area (Å²) >= 11 is 0. The van der Waals surface area contributed by atoms with E-state index >= 15 is 0 Å². The molecule has 0 atom stereocenters. The lowest BCUT2D eigenvalue weighted by Crippen LogP contribution is -1.93. The predicted molar refractivity (Wildman–Crippen MR) is 56.9 cm³/mol. The predicted octanol–water partition coefficient (Wildman–Crippen LogP) is 2.67. The summed E-state index contributed by atoms with van der Waals surface area (Å²) in [6.07, 6.45) is 4.88. The SMILES string of the molecule is [c]1cccc(CCc2ccccc2)n1. The van der Waals surface area contributed by atoms with Crippen LogP contribution in [-0.2, 0) is 12.8 Å². The first-order valence-electron chi connectivity index (χ1n) is 4.81. The average molecular weight is 182 g/mol. The number of aromatic nitrogens is 1. The van der Waals surface area contributed by atoms with Crippen LogP contribution >= 0.6 is 0 Å². The fourth-order valence-electron chi connectivity index (χ4n) is 1.42. The van der Waals surface area contributed by atoms with Crippen LogP contribution in [0.3, 0.4) is 0 Å². The van der Waals surface area contributed by atoms with Crippen LogP contribution in [-0.4, -0.2) is 4.98 Å². The van der Waals surface area contributed by atoms with Crippen LogP contribution in [0.4, 0.5) is 0 Å². The van der Waals surface area contributed by atoms with E-state index < -0.39 is 0 Å². The normalized spacial score (nSPS) is 10.0. The van der Waals surface area contributed by atoms with Crippen molar-refractivity contribution in [2.75, 3.05) is 0 Å². The first kappa shape index (κ1) is 8.95. The molecule has 1 aromatic heterocycles. The molecule has 0 saturated carbocycles. The Morgan fingerprint density at radius 3 is 2.50 bits per heavy atom. The van der Waals surface area contributed by atoms with E-state index in [9.17, 15) is 0 Å². The molecule has 69 valence electrons. The molecule has 1 heterocycles. The van der Waals surface area contributed by atoms with E-state index in [0.29, 0.717) is 0 Å².